The summed E-state index contributed by atoms with van der Waals surface area (Å²) in [5, 5.41) is 11.3. The maximum atomic E-state index is 6.70. The second-order valence-corrected chi connectivity index (χ2v) is 16.6. The molecule has 302 valence electrons. The average Bonchev–Trinajstić information content (AvgIpc) is 3.78. The van der Waals surface area contributed by atoms with E-state index >= 15 is 0 Å². The molecular formula is C61H37N3O. The molecule has 0 unspecified atom stereocenters. The number of hydrogen-bond donors (Lipinski definition) is 0. The number of aromatic nitrogens is 3. The van der Waals surface area contributed by atoms with Crippen molar-refractivity contribution in [3.8, 4) is 67.5 Å². The van der Waals surface area contributed by atoms with Gasteiger partial charge >= 0.3 is 0 Å². The van der Waals surface area contributed by atoms with Crippen LogP contribution in [0.2, 0.25) is 0 Å². The van der Waals surface area contributed by atoms with Gasteiger partial charge in [-0.25, -0.2) is 15.0 Å². The topological polar surface area (TPSA) is 51.8 Å². The van der Waals surface area contributed by atoms with Gasteiger partial charge in [-0.3, -0.25) is 0 Å². The average molecular weight is 828 g/mol. The van der Waals surface area contributed by atoms with E-state index in [0.29, 0.717) is 17.5 Å². The predicted octanol–water partition coefficient (Wildman–Crippen LogP) is 16.4. The summed E-state index contributed by atoms with van der Waals surface area (Å²) in [4.78, 5) is 16.1. The van der Waals surface area contributed by atoms with Crippen molar-refractivity contribution in [2.24, 2.45) is 0 Å². The Morgan fingerprint density at radius 2 is 0.754 bits per heavy atom. The van der Waals surface area contributed by atoms with Crippen molar-refractivity contribution in [2.75, 3.05) is 0 Å². The second-order valence-electron chi connectivity index (χ2n) is 16.6. The molecule has 0 radical (unpaired) electrons. The van der Waals surface area contributed by atoms with Gasteiger partial charge in [0.05, 0.1) is 0 Å². The van der Waals surface area contributed by atoms with Crippen molar-refractivity contribution >= 4 is 65.0 Å². The van der Waals surface area contributed by atoms with Crippen LogP contribution in [0, 0.1) is 0 Å². The minimum Gasteiger partial charge on any atom is -0.455 e. The summed E-state index contributed by atoms with van der Waals surface area (Å²) in [6, 6.07) is 79.2. The van der Waals surface area contributed by atoms with Crippen molar-refractivity contribution in [2.45, 2.75) is 0 Å². The number of benzene rings is 11. The Morgan fingerprint density at radius 3 is 1.51 bits per heavy atom. The van der Waals surface area contributed by atoms with Gasteiger partial charge in [0.25, 0.3) is 0 Å². The second kappa shape index (κ2) is 15.0. The molecule has 0 bridgehead atoms. The lowest BCUT2D eigenvalue weighted by Gasteiger charge is -2.15. The molecule has 4 heteroatoms. The first-order valence-corrected chi connectivity index (χ1v) is 22.0. The maximum absolute atomic E-state index is 6.70. The van der Waals surface area contributed by atoms with Crippen LogP contribution in [0.25, 0.3) is 133 Å². The van der Waals surface area contributed by atoms with Crippen molar-refractivity contribution in [3.63, 3.8) is 0 Å². The van der Waals surface area contributed by atoms with Crippen LogP contribution in [0.1, 0.15) is 0 Å². The summed E-state index contributed by atoms with van der Waals surface area (Å²) in [5.74, 6) is 1.85. The third-order valence-electron chi connectivity index (χ3n) is 12.9. The molecule has 0 spiro atoms. The van der Waals surface area contributed by atoms with Crippen LogP contribution in [-0.4, -0.2) is 15.0 Å². The van der Waals surface area contributed by atoms with E-state index < -0.39 is 0 Å². The standard InChI is InChI=1S/C61H37N3O/c1-3-15-38(16-4-1)44-35-36-54(50-22-10-9-21-47(44)50)61-63-59(42-33-34-45-41(37-42)32-31-40-19-7-8-20-43(40)45)62-60(64-61)53-28-13-24-48-49(25-12-26-51(48)53)52-27-14-30-56-57(52)55-29-11-23-46(58(55)65-56)39-17-5-2-6-18-39/h1-37H. The highest BCUT2D eigenvalue weighted by Gasteiger charge is 2.21. The van der Waals surface area contributed by atoms with E-state index in [1.54, 1.807) is 0 Å². The lowest BCUT2D eigenvalue weighted by atomic mass is 9.92. The van der Waals surface area contributed by atoms with Crippen LogP contribution in [0.3, 0.4) is 0 Å². The van der Waals surface area contributed by atoms with Crippen molar-refractivity contribution in [3.05, 3.63) is 224 Å². The van der Waals surface area contributed by atoms with Crippen LogP contribution in [0.5, 0.6) is 0 Å². The predicted molar refractivity (Wildman–Crippen MR) is 270 cm³/mol. The third kappa shape index (κ3) is 6.11. The molecule has 13 aromatic rings. The fraction of sp³-hybridized carbons (Fsp3) is 0. The van der Waals surface area contributed by atoms with Crippen LogP contribution in [0.4, 0.5) is 0 Å². The fourth-order valence-electron chi connectivity index (χ4n) is 9.92. The molecule has 4 nitrogen and oxygen atoms in total. The minimum atomic E-state index is 0.613. The summed E-state index contributed by atoms with van der Waals surface area (Å²) < 4.78 is 6.70. The molecule has 0 aliphatic carbocycles. The van der Waals surface area contributed by atoms with Crippen LogP contribution in [0.15, 0.2) is 229 Å². The Morgan fingerprint density at radius 1 is 0.262 bits per heavy atom. The van der Waals surface area contributed by atoms with Gasteiger partial charge in [-0.2, -0.15) is 0 Å². The highest BCUT2D eigenvalue weighted by Crippen LogP contribution is 2.44. The summed E-state index contributed by atoms with van der Waals surface area (Å²) in [6.45, 7) is 0. The molecule has 0 atom stereocenters. The molecule has 0 N–H and O–H groups in total. The number of nitrogens with zero attached hydrogens (tertiary/aromatic N) is 3. The molecule has 65 heavy (non-hydrogen) atoms. The summed E-state index contributed by atoms with van der Waals surface area (Å²) in [5.41, 5.74) is 11.3. The smallest absolute Gasteiger partial charge is 0.164 e. The van der Waals surface area contributed by atoms with Gasteiger partial charge in [-0.15, -0.1) is 0 Å². The molecule has 0 aliphatic heterocycles. The Hall–Kier alpha value is -8.73. The van der Waals surface area contributed by atoms with E-state index in [1.165, 1.54) is 27.3 Å². The molecule has 0 fully saturated rings. The van der Waals surface area contributed by atoms with Gasteiger partial charge in [0.1, 0.15) is 11.2 Å². The molecule has 2 heterocycles. The zero-order valence-electron chi connectivity index (χ0n) is 35.1. The number of hydrogen-bond acceptors (Lipinski definition) is 4. The highest BCUT2D eigenvalue weighted by atomic mass is 16.3. The number of furan rings is 1. The Bertz CT molecular complexity index is 4000. The molecule has 13 rings (SSSR count). The quantitative estimate of drug-likeness (QED) is 0.157. The van der Waals surface area contributed by atoms with Crippen molar-refractivity contribution < 1.29 is 4.42 Å². The monoisotopic (exact) mass is 827 g/mol. The zero-order valence-corrected chi connectivity index (χ0v) is 35.1. The maximum Gasteiger partial charge on any atom is 0.164 e. The van der Waals surface area contributed by atoms with E-state index in [2.05, 4.69) is 218 Å². The first kappa shape index (κ1) is 36.9. The van der Waals surface area contributed by atoms with Crippen LogP contribution in [-0.2, 0) is 0 Å². The van der Waals surface area contributed by atoms with E-state index in [9.17, 15) is 0 Å². The van der Waals surface area contributed by atoms with E-state index in [1.807, 2.05) is 6.07 Å². The van der Waals surface area contributed by atoms with Gasteiger partial charge in [0.2, 0.25) is 0 Å². The van der Waals surface area contributed by atoms with E-state index in [0.717, 1.165) is 87.8 Å². The summed E-state index contributed by atoms with van der Waals surface area (Å²) >= 11 is 0. The van der Waals surface area contributed by atoms with Crippen LogP contribution >= 0.6 is 0 Å². The number of fused-ring (bicyclic) bond motifs is 8. The van der Waals surface area contributed by atoms with Crippen molar-refractivity contribution in [1.82, 2.24) is 15.0 Å². The molecule has 0 saturated heterocycles. The third-order valence-corrected chi connectivity index (χ3v) is 12.9. The largest absolute Gasteiger partial charge is 0.455 e. The summed E-state index contributed by atoms with van der Waals surface area (Å²) in [7, 11) is 0. The highest BCUT2D eigenvalue weighted by molar-refractivity contribution is 6.18. The van der Waals surface area contributed by atoms with E-state index in [-0.39, 0.29) is 0 Å². The van der Waals surface area contributed by atoms with Gasteiger partial charge in [-0.05, 0) is 89.1 Å². The normalized spacial score (nSPS) is 11.7. The van der Waals surface area contributed by atoms with Gasteiger partial charge in [0.15, 0.2) is 17.5 Å². The minimum absolute atomic E-state index is 0.613. The number of para-hydroxylation sites is 1. The fourth-order valence-corrected chi connectivity index (χ4v) is 9.92. The molecular weight excluding hydrogens is 791 g/mol. The Labute approximate surface area is 374 Å². The Kier molecular flexibility index (Phi) is 8.50. The zero-order chi connectivity index (χ0) is 42.8. The van der Waals surface area contributed by atoms with Gasteiger partial charge in [0, 0.05) is 33.0 Å². The molecule has 0 amide bonds. The van der Waals surface area contributed by atoms with E-state index in [4.69, 9.17) is 19.4 Å². The first-order valence-electron chi connectivity index (χ1n) is 22.0. The molecule has 0 saturated carbocycles. The van der Waals surface area contributed by atoms with Gasteiger partial charge in [-0.1, -0.05) is 206 Å². The molecule has 11 aromatic carbocycles. The lowest BCUT2D eigenvalue weighted by Crippen LogP contribution is -2.01. The van der Waals surface area contributed by atoms with Crippen molar-refractivity contribution in [1.29, 1.82) is 0 Å². The van der Waals surface area contributed by atoms with Gasteiger partial charge < -0.3 is 4.42 Å². The SMILES string of the molecule is c1ccc(-c2ccc(-c3nc(-c4ccc5c(ccc6ccccc65)c4)nc(-c4cccc5c(-c6cccc7oc8c(-c9ccccc9)cccc8c67)cccc45)n3)c3ccccc23)cc1. The Balaban J connectivity index is 1.02. The molecule has 2 aromatic heterocycles. The first-order chi connectivity index (χ1) is 32.2. The molecule has 0 aliphatic rings. The lowest BCUT2D eigenvalue weighted by molar-refractivity contribution is 0.670. The number of rotatable bonds is 6. The summed E-state index contributed by atoms with van der Waals surface area (Å²) in [6.07, 6.45) is 0. The van der Waals surface area contributed by atoms with Crippen LogP contribution < -0.4 is 0 Å².